The average Bonchev–Trinajstić information content (AvgIpc) is 2.62. The molecule has 2 heteroatoms. The highest BCUT2D eigenvalue weighted by atomic mass is 14.9. The zero-order valence-electron chi connectivity index (χ0n) is 10.1. The molecule has 1 aromatic carbocycles. The van der Waals surface area contributed by atoms with Gasteiger partial charge in [0.2, 0.25) is 0 Å². The van der Waals surface area contributed by atoms with Gasteiger partial charge in [0, 0.05) is 29.2 Å². The molecule has 0 saturated heterocycles. The third kappa shape index (κ3) is 1.30. The topological polar surface area (TPSA) is 27.8 Å². The first kappa shape index (κ1) is 9.91. The number of H-pyrrole nitrogens is 1. The van der Waals surface area contributed by atoms with E-state index >= 15 is 0 Å². The monoisotopic (exact) mass is 214 g/mol. The molecule has 0 amide bonds. The maximum Gasteiger partial charge on any atom is 0.0491 e. The van der Waals surface area contributed by atoms with Gasteiger partial charge in [0.05, 0.1) is 0 Å². The van der Waals surface area contributed by atoms with Crippen molar-refractivity contribution in [2.24, 2.45) is 0 Å². The highest BCUT2D eigenvalue weighted by molar-refractivity contribution is 5.88. The molecule has 2 aromatic rings. The molecule has 1 aliphatic heterocycles. The van der Waals surface area contributed by atoms with Crippen LogP contribution in [0.5, 0.6) is 0 Å². The summed E-state index contributed by atoms with van der Waals surface area (Å²) < 4.78 is 0. The summed E-state index contributed by atoms with van der Waals surface area (Å²) in [6.07, 6.45) is 1.14. The SMILES string of the molecule is Cc1ccc2c3c([nH]c2c1C)CNC(C)C3. The number of hydrogen-bond acceptors (Lipinski definition) is 1. The predicted molar refractivity (Wildman–Crippen MR) is 67.8 cm³/mol. The number of aromatic nitrogens is 1. The number of nitrogens with one attached hydrogen (secondary N) is 2. The van der Waals surface area contributed by atoms with Crippen LogP contribution in [0.15, 0.2) is 12.1 Å². The molecule has 0 fully saturated rings. The maximum atomic E-state index is 3.58. The van der Waals surface area contributed by atoms with Gasteiger partial charge in [-0.1, -0.05) is 12.1 Å². The third-order valence-corrected chi connectivity index (χ3v) is 3.84. The van der Waals surface area contributed by atoms with Crippen molar-refractivity contribution in [3.05, 3.63) is 34.5 Å². The van der Waals surface area contributed by atoms with E-state index in [0.717, 1.165) is 13.0 Å². The van der Waals surface area contributed by atoms with Crippen LogP contribution < -0.4 is 5.32 Å². The Morgan fingerprint density at radius 3 is 2.88 bits per heavy atom. The van der Waals surface area contributed by atoms with E-state index in [4.69, 9.17) is 0 Å². The quantitative estimate of drug-likeness (QED) is 0.693. The van der Waals surface area contributed by atoms with E-state index in [0.29, 0.717) is 6.04 Å². The van der Waals surface area contributed by atoms with Gasteiger partial charge in [-0.05, 0) is 43.9 Å². The van der Waals surface area contributed by atoms with Crippen LogP contribution >= 0.6 is 0 Å². The van der Waals surface area contributed by atoms with Crippen LogP contribution in [0.2, 0.25) is 0 Å². The summed E-state index contributed by atoms with van der Waals surface area (Å²) in [5.41, 5.74) is 6.98. The standard InChI is InChI=1S/C14H18N2/c1-8-4-5-11-12-6-9(2)15-7-13(12)16-14(11)10(8)3/h4-5,9,15-16H,6-7H2,1-3H3. The largest absolute Gasteiger partial charge is 0.357 e. The molecule has 0 saturated carbocycles. The Hall–Kier alpha value is -1.28. The fourth-order valence-corrected chi connectivity index (χ4v) is 2.66. The third-order valence-electron chi connectivity index (χ3n) is 3.84. The van der Waals surface area contributed by atoms with Gasteiger partial charge in [-0.2, -0.15) is 0 Å². The zero-order chi connectivity index (χ0) is 11.3. The Labute approximate surface area is 96.1 Å². The van der Waals surface area contributed by atoms with E-state index in [9.17, 15) is 0 Å². The molecule has 16 heavy (non-hydrogen) atoms. The van der Waals surface area contributed by atoms with Crippen molar-refractivity contribution in [3.63, 3.8) is 0 Å². The van der Waals surface area contributed by atoms with Crippen molar-refractivity contribution >= 4 is 10.9 Å². The molecule has 0 spiro atoms. The van der Waals surface area contributed by atoms with E-state index in [1.54, 1.807) is 0 Å². The first-order valence-electron chi connectivity index (χ1n) is 6.00. The number of hydrogen-bond donors (Lipinski definition) is 2. The van der Waals surface area contributed by atoms with Gasteiger partial charge in [-0.3, -0.25) is 0 Å². The van der Waals surface area contributed by atoms with Gasteiger partial charge >= 0.3 is 0 Å². The van der Waals surface area contributed by atoms with Gasteiger partial charge in [0.25, 0.3) is 0 Å². The smallest absolute Gasteiger partial charge is 0.0491 e. The number of aromatic amines is 1. The molecule has 1 unspecified atom stereocenters. The minimum absolute atomic E-state index is 0.591. The lowest BCUT2D eigenvalue weighted by Crippen LogP contribution is -2.32. The lowest BCUT2D eigenvalue weighted by molar-refractivity contribution is 0.511. The lowest BCUT2D eigenvalue weighted by atomic mass is 9.98. The fraction of sp³-hybridized carbons (Fsp3) is 0.429. The first-order chi connectivity index (χ1) is 7.66. The van der Waals surface area contributed by atoms with E-state index in [1.165, 1.54) is 33.3 Å². The number of fused-ring (bicyclic) bond motifs is 3. The lowest BCUT2D eigenvalue weighted by Gasteiger charge is -2.20. The van der Waals surface area contributed by atoms with Crippen LogP contribution in [0.1, 0.15) is 29.3 Å². The molecule has 0 aliphatic carbocycles. The van der Waals surface area contributed by atoms with Crippen LogP contribution in [0, 0.1) is 13.8 Å². The highest BCUT2D eigenvalue weighted by Gasteiger charge is 2.19. The van der Waals surface area contributed by atoms with Gasteiger partial charge in [-0.25, -0.2) is 0 Å². The number of rotatable bonds is 0. The van der Waals surface area contributed by atoms with Gasteiger partial charge in [0.1, 0.15) is 0 Å². The molecule has 1 aliphatic rings. The second kappa shape index (κ2) is 3.36. The summed E-state index contributed by atoms with van der Waals surface area (Å²) in [5.74, 6) is 0. The summed E-state index contributed by atoms with van der Waals surface area (Å²) in [6, 6.07) is 5.09. The van der Waals surface area contributed by atoms with E-state index in [1.807, 2.05) is 0 Å². The number of benzene rings is 1. The minimum atomic E-state index is 0.591. The van der Waals surface area contributed by atoms with Crippen LogP contribution in [-0.2, 0) is 13.0 Å². The summed E-state index contributed by atoms with van der Waals surface area (Å²) >= 11 is 0. The molecular weight excluding hydrogens is 196 g/mol. The maximum absolute atomic E-state index is 3.58. The minimum Gasteiger partial charge on any atom is -0.357 e. The molecule has 1 atom stereocenters. The molecular formula is C14H18N2. The summed E-state index contributed by atoms with van der Waals surface area (Å²) in [6.45, 7) is 7.61. The first-order valence-corrected chi connectivity index (χ1v) is 6.00. The molecule has 2 heterocycles. The normalized spacial score (nSPS) is 20.1. The van der Waals surface area contributed by atoms with Crippen molar-refractivity contribution in [2.75, 3.05) is 0 Å². The van der Waals surface area contributed by atoms with Gasteiger partial charge < -0.3 is 10.3 Å². The second-order valence-corrected chi connectivity index (χ2v) is 5.00. The van der Waals surface area contributed by atoms with Crippen molar-refractivity contribution in [3.8, 4) is 0 Å². The Bertz CT molecular complexity index is 551. The van der Waals surface area contributed by atoms with Crippen molar-refractivity contribution in [2.45, 2.75) is 39.8 Å². The van der Waals surface area contributed by atoms with Crippen LogP contribution in [0.25, 0.3) is 10.9 Å². The highest BCUT2D eigenvalue weighted by Crippen LogP contribution is 2.29. The van der Waals surface area contributed by atoms with E-state index in [2.05, 4.69) is 43.2 Å². The second-order valence-electron chi connectivity index (χ2n) is 5.00. The van der Waals surface area contributed by atoms with Crippen LogP contribution in [0.4, 0.5) is 0 Å². The Morgan fingerprint density at radius 1 is 1.25 bits per heavy atom. The van der Waals surface area contributed by atoms with Crippen molar-refractivity contribution < 1.29 is 0 Å². The van der Waals surface area contributed by atoms with Gasteiger partial charge in [0.15, 0.2) is 0 Å². The van der Waals surface area contributed by atoms with E-state index in [-0.39, 0.29) is 0 Å². The molecule has 0 bridgehead atoms. The molecule has 0 radical (unpaired) electrons. The van der Waals surface area contributed by atoms with Crippen LogP contribution in [-0.4, -0.2) is 11.0 Å². The molecule has 1 aromatic heterocycles. The Balaban J connectivity index is 2.29. The average molecular weight is 214 g/mol. The summed E-state index contributed by atoms with van der Waals surface area (Å²) in [7, 11) is 0. The van der Waals surface area contributed by atoms with E-state index < -0.39 is 0 Å². The molecule has 3 rings (SSSR count). The van der Waals surface area contributed by atoms with Crippen LogP contribution in [0.3, 0.4) is 0 Å². The Kier molecular flexibility index (Phi) is 2.08. The zero-order valence-corrected chi connectivity index (χ0v) is 10.1. The molecule has 2 nitrogen and oxygen atoms in total. The predicted octanol–water partition coefficient (Wildman–Crippen LogP) is 2.82. The van der Waals surface area contributed by atoms with Gasteiger partial charge in [-0.15, -0.1) is 0 Å². The summed E-state index contributed by atoms with van der Waals surface area (Å²) in [4.78, 5) is 3.58. The number of aryl methyl sites for hydroxylation is 2. The summed E-state index contributed by atoms with van der Waals surface area (Å²) in [5, 5.41) is 4.92. The Morgan fingerprint density at radius 2 is 2.06 bits per heavy atom. The fourth-order valence-electron chi connectivity index (χ4n) is 2.66. The molecule has 2 N–H and O–H groups in total. The molecule has 84 valence electrons. The van der Waals surface area contributed by atoms with Crippen molar-refractivity contribution in [1.29, 1.82) is 0 Å². The van der Waals surface area contributed by atoms with Crippen molar-refractivity contribution in [1.82, 2.24) is 10.3 Å².